The normalized spacial score (nSPS) is 24.2. The van der Waals surface area contributed by atoms with Crippen LogP contribution >= 0.6 is 0 Å². The van der Waals surface area contributed by atoms with Gasteiger partial charge >= 0.3 is 5.97 Å². The van der Waals surface area contributed by atoms with Gasteiger partial charge in [-0.05, 0) is 44.2 Å². The number of ether oxygens (including phenoxy) is 1. The summed E-state index contributed by atoms with van der Waals surface area (Å²) in [6.07, 6.45) is 3.62. The first-order valence-corrected chi connectivity index (χ1v) is 9.10. The predicted molar refractivity (Wildman–Crippen MR) is 96.0 cm³/mol. The lowest BCUT2D eigenvalue weighted by molar-refractivity contribution is -0.384. The SMILES string of the molecule is Cc1ccc(NC(=O)COC(=O)C2C[C@H]3CCC[C@@H](C2)C3=O)c([N+](=O)[O-])c1. The number of nitro benzene ring substituents is 1. The van der Waals surface area contributed by atoms with Gasteiger partial charge in [-0.1, -0.05) is 12.5 Å². The fourth-order valence-corrected chi connectivity index (χ4v) is 4.01. The molecule has 144 valence electrons. The third kappa shape index (κ3) is 4.32. The van der Waals surface area contributed by atoms with E-state index in [1.807, 2.05) is 0 Å². The van der Waals surface area contributed by atoms with Crippen LogP contribution in [-0.2, 0) is 19.1 Å². The molecule has 1 unspecified atom stereocenters. The molecule has 1 aromatic rings. The quantitative estimate of drug-likeness (QED) is 0.481. The number of ketones is 1. The summed E-state index contributed by atoms with van der Waals surface area (Å²) in [5, 5.41) is 13.5. The predicted octanol–water partition coefficient (Wildman–Crippen LogP) is 2.78. The molecular weight excluding hydrogens is 352 g/mol. The minimum atomic E-state index is -0.637. The van der Waals surface area contributed by atoms with Crippen molar-refractivity contribution < 1.29 is 24.0 Å². The van der Waals surface area contributed by atoms with E-state index in [0.29, 0.717) is 18.4 Å². The van der Waals surface area contributed by atoms with Crippen molar-refractivity contribution in [1.29, 1.82) is 0 Å². The molecule has 1 aromatic carbocycles. The molecule has 0 aliphatic heterocycles. The Kier molecular flexibility index (Phi) is 5.53. The first-order valence-electron chi connectivity index (χ1n) is 9.10. The van der Waals surface area contributed by atoms with E-state index in [-0.39, 0.29) is 34.9 Å². The molecule has 3 atom stereocenters. The van der Waals surface area contributed by atoms with Crippen LogP contribution in [0.15, 0.2) is 18.2 Å². The molecule has 2 aliphatic rings. The second-order valence-corrected chi connectivity index (χ2v) is 7.33. The van der Waals surface area contributed by atoms with Gasteiger partial charge in [-0.2, -0.15) is 0 Å². The average molecular weight is 374 g/mol. The molecule has 1 N–H and O–H groups in total. The average Bonchev–Trinajstić information content (AvgIpc) is 2.60. The number of esters is 1. The van der Waals surface area contributed by atoms with Crippen LogP contribution in [0.4, 0.5) is 11.4 Å². The molecule has 0 saturated heterocycles. The molecule has 0 heterocycles. The Morgan fingerprint density at radius 1 is 1.26 bits per heavy atom. The van der Waals surface area contributed by atoms with Gasteiger partial charge in [-0.25, -0.2) is 0 Å². The standard InChI is InChI=1S/C19H22N2O6/c1-11-5-6-15(16(7-11)21(25)26)20-17(22)10-27-19(24)14-8-12-3-2-4-13(9-14)18(12)23/h5-7,12-14H,2-4,8-10H2,1H3,(H,20,22)/t12-,13+,14?. The zero-order chi connectivity index (χ0) is 19.6. The summed E-state index contributed by atoms with van der Waals surface area (Å²) in [6.45, 7) is 1.20. The third-order valence-electron chi connectivity index (χ3n) is 5.35. The Morgan fingerprint density at radius 3 is 2.56 bits per heavy atom. The van der Waals surface area contributed by atoms with Crippen LogP contribution in [-0.4, -0.2) is 29.2 Å². The molecule has 27 heavy (non-hydrogen) atoms. The highest BCUT2D eigenvalue weighted by atomic mass is 16.6. The lowest BCUT2D eigenvalue weighted by atomic mass is 9.67. The van der Waals surface area contributed by atoms with Gasteiger partial charge in [0.15, 0.2) is 6.61 Å². The number of hydrogen-bond donors (Lipinski definition) is 1. The van der Waals surface area contributed by atoms with Crippen molar-refractivity contribution in [3.63, 3.8) is 0 Å². The van der Waals surface area contributed by atoms with Crippen LogP contribution in [0, 0.1) is 34.8 Å². The van der Waals surface area contributed by atoms with Crippen LogP contribution in [0.5, 0.6) is 0 Å². The maximum absolute atomic E-state index is 12.3. The van der Waals surface area contributed by atoms with Crippen molar-refractivity contribution in [2.24, 2.45) is 17.8 Å². The highest BCUT2D eigenvalue weighted by Crippen LogP contribution is 2.40. The van der Waals surface area contributed by atoms with Gasteiger partial charge in [-0.15, -0.1) is 0 Å². The Hall–Kier alpha value is -2.77. The Labute approximate surface area is 156 Å². The fraction of sp³-hybridized carbons (Fsp3) is 0.526. The van der Waals surface area contributed by atoms with Gasteiger partial charge in [0.1, 0.15) is 11.5 Å². The fourth-order valence-electron chi connectivity index (χ4n) is 4.01. The van der Waals surface area contributed by atoms with E-state index in [1.165, 1.54) is 12.1 Å². The Morgan fingerprint density at radius 2 is 1.93 bits per heavy atom. The number of aryl methyl sites for hydroxylation is 1. The summed E-state index contributed by atoms with van der Waals surface area (Å²) in [5.41, 5.74) is 0.543. The summed E-state index contributed by atoms with van der Waals surface area (Å²) in [5.74, 6) is -1.36. The monoisotopic (exact) mass is 374 g/mol. The number of fused-ring (bicyclic) bond motifs is 2. The lowest BCUT2D eigenvalue weighted by Gasteiger charge is -2.36. The van der Waals surface area contributed by atoms with Crippen LogP contribution in [0.3, 0.4) is 0 Å². The summed E-state index contributed by atoms with van der Waals surface area (Å²) in [6, 6.07) is 4.45. The van der Waals surface area contributed by atoms with E-state index >= 15 is 0 Å². The van der Waals surface area contributed by atoms with E-state index in [0.717, 1.165) is 19.3 Å². The summed E-state index contributed by atoms with van der Waals surface area (Å²) in [4.78, 5) is 46.9. The van der Waals surface area contributed by atoms with Gasteiger partial charge in [0.05, 0.1) is 10.8 Å². The molecular formula is C19H22N2O6. The first-order chi connectivity index (χ1) is 12.8. The number of rotatable bonds is 5. The number of carbonyl (C=O) groups excluding carboxylic acids is 3. The van der Waals surface area contributed by atoms with Crippen molar-refractivity contribution in [3.05, 3.63) is 33.9 Å². The van der Waals surface area contributed by atoms with Crippen molar-refractivity contribution in [1.82, 2.24) is 0 Å². The molecule has 2 fully saturated rings. The number of amides is 1. The lowest BCUT2D eigenvalue weighted by Crippen LogP contribution is -2.40. The van der Waals surface area contributed by atoms with Gasteiger partial charge in [0, 0.05) is 17.9 Å². The van der Waals surface area contributed by atoms with E-state index in [9.17, 15) is 24.5 Å². The number of nitro groups is 1. The first kappa shape index (κ1) is 19.0. The Bertz CT molecular complexity index is 774. The van der Waals surface area contributed by atoms with Crippen molar-refractivity contribution in [2.45, 2.75) is 39.0 Å². The van der Waals surface area contributed by atoms with Crippen LogP contribution in [0.25, 0.3) is 0 Å². The van der Waals surface area contributed by atoms with E-state index in [4.69, 9.17) is 4.74 Å². The molecule has 8 heteroatoms. The minimum absolute atomic E-state index is 0.0597. The number of nitrogens with zero attached hydrogens (tertiary/aromatic N) is 1. The second-order valence-electron chi connectivity index (χ2n) is 7.33. The van der Waals surface area contributed by atoms with Gasteiger partial charge in [0.2, 0.25) is 0 Å². The molecule has 0 aromatic heterocycles. The number of hydrogen-bond acceptors (Lipinski definition) is 6. The summed E-state index contributed by atoms with van der Waals surface area (Å²) < 4.78 is 5.11. The summed E-state index contributed by atoms with van der Waals surface area (Å²) in [7, 11) is 0. The zero-order valence-electron chi connectivity index (χ0n) is 15.1. The topological polar surface area (TPSA) is 116 Å². The molecule has 2 saturated carbocycles. The maximum Gasteiger partial charge on any atom is 0.309 e. The maximum atomic E-state index is 12.3. The van der Waals surface area contributed by atoms with E-state index in [1.54, 1.807) is 13.0 Å². The third-order valence-corrected chi connectivity index (χ3v) is 5.35. The summed E-state index contributed by atoms with van der Waals surface area (Å²) >= 11 is 0. The highest BCUT2D eigenvalue weighted by molar-refractivity contribution is 5.95. The van der Waals surface area contributed by atoms with Crippen molar-refractivity contribution >= 4 is 29.0 Å². The van der Waals surface area contributed by atoms with Crippen molar-refractivity contribution in [3.8, 4) is 0 Å². The van der Waals surface area contributed by atoms with E-state index < -0.39 is 23.4 Å². The number of anilines is 1. The van der Waals surface area contributed by atoms with Gasteiger partial charge in [0.25, 0.3) is 11.6 Å². The Balaban J connectivity index is 1.54. The molecule has 1 amide bonds. The highest BCUT2D eigenvalue weighted by Gasteiger charge is 2.41. The number of nitrogens with one attached hydrogen (secondary N) is 1. The number of Topliss-reactive ketones (excluding diaryl/α,β-unsaturated/α-hetero) is 1. The molecule has 2 bridgehead atoms. The van der Waals surface area contributed by atoms with Gasteiger partial charge in [-0.3, -0.25) is 24.5 Å². The smallest absolute Gasteiger partial charge is 0.309 e. The van der Waals surface area contributed by atoms with Crippen LogP contribution in [0.1, 0.15) is 37.7 Å². The second kappa shape index (κ2) is 7.85. The van der Waals surface area contributed by atoms with E-state index in [2.05, 4.69) is 5.32 Å². The minimum Gasteiger partial charge on any atom is -0.455 e. The molecule has 0 spiro atoms. The molecule has 0 radical (unpaired) electrons. The van der Waals surface area contributed by atoms with Gasteiger partial charge < -0.3 is 10.1 Å². The zero-order valence-corrected chi connectivity index (χ0v) is 15.1. The number of benzene rings is 1. The molecule has 3 rings (SSSR count). The van der Waals surface area contributed by atoms with Crippen molar-refractivity contribution in [2.75, 3.05) is 11.9 Å². The number of carbonyl (C=O) groups is 3. The van der Waals surface area contributed by atoms with Crippen LogP contribution in [0.2, 0.25) is 0 Å². The molecule has 8 nitrogen and oxygen atoms in total. The molecule has 2 aliphatic carbocycles. The largest absolute Gasteiger partial charge is 0.455 e. The van der Waals surface area contributed by atoms with Crippen LogP contribution < -0.4 is 5.32 Å².